The molecule has 0 saturated carbocycles. The molecule has 9 nitrogen and oxygen atoms in total. The van der Waals surface area contributed by atoms with Crippen LogP contribution in [0, 0.1) is 25.2 Å². The number of anilines is 1. The van der Waals surface area contributed by atoms with E-state index in [-0.39, 0.29) is 53.2 Å². The van der Waals surface area contributed by atoms with E-state index in [1.165, 1.54) is 24.3 Å². The number of amides is 1. The standard InChI is InChI=1S/C33H36FN5O4S/c1-21-9-6-10-22(2)30(21)27-18-29-37-32(36-27)38-44(41,42)26-13-7-11-23(17-26)31(40)39(25(20-43-29)19-33(3,4)5)16-15-24-12-8-14-28(34)35-24/h6-14,17-18,25H,15-16,19-20H2,1-5H3,(H,36,37,38)/t25-/m1/s1. The first-order valence-electron chi connectivity index (χ1n) is 14.4. The number of halogens is 1. The average molecular weight is 618 g/mol. The third kappa shape index (κ3) is 7.21. The second-order valence-corrected chi connectivity index (χ2v) is 13.9. The molecular formula is C33H36FN5O4S. The van der Waals surface area contributed by atoms with Gasteiger partial charge in [-0.3, -0.25) is 4.79 Å². The Hall–Kier alpha value is -4.38. The van der Waals surface area contributed by atoms with Crippen molar-refractivity contribution in [1.82, 2.24) is 19.9 Å². The zero-order chi connectivity index (χ0) is 31.6. The number of pyridine rings is 1. The summed E-state index contributed by atoms with van der Waals surface area (Å²) in [6.07, 6.45) is 0.852. The molecule has 1 atom stereocenters. The Morgan fingerprint density at radius 3 is 2.39 bits per heavy atom. The van der Waals surface area contributed by atoms with Gasteiger partial charge in [0, 0.05) is 35.9 Å². The van der Waals surface area contributed by atoms with Crippen molar-refractivity contribution in [3.05, 3.63) is 95.1 Å². The molecule has 0 saturated heterocycles. The minimum Gasteiger partial charge on any atom is -0.475 e. The Bertz CT molecular complexity index is 1790. The lowest BCUT2D eigenvalue weighted by Crippen LogP contribution is -2.46. The highest BCUT2D eigenvalue weighted by Crippen LogP contribution is 2.31. The van der Waals surface area contributed by atoms with E-state index in [1.807, 2.05) is 32.0 Å². The summed E-state index contributed by atoms with van der Waals surface area (Å²) in [7, 11) is -4.17. The average Bonchev–Trinajstić information content (AvgIpc) is 2.94. The lowest BCUT2D eigenvalue weighted by atomic mass is 9.87. The van der Waals surface area contributed by atoms with Crippen LogP contribution in [-0.4, -0.2) is 53.4 Å². The lowest BCUT2D eigenvalue weighted by Gasteiger charge is -2.35. The Labute approximate surface area is 257 Å². The number of sulfonamides is 1. The Kier molecular flexibility index (Phi) is 8.69. The van der Waals surface area contributed by atoms with Crippen molar-refractivity contribution in [2.75, 3.05) is 17.9 Å². The summed E-state index contributed by atoms with van der Waals surface area (Å²) in [5.74, 6) is -0.945. The molecule has 1 amide bonds. The molecule has 1 aliphatic heterocycles. The van der Waals surface area contributed by atoms with E-state index in [2.05, 4.69) is 40.4 Å². The van der Waals surface area contributed by atoms with Crippen LogP contribution in [0.4, 0.5) is 10.3 Å². The van der Waals surface area contributed by atoms with Crippen molar-refractivity contribution in [3.63, 3.8) is 0 Å². The summed E-state index contributed by atoms with van der Waals surface area (Å²) >= 11 is 0. The fourth-order valence-corrected chi connectivity index (χ4v) is 6.44. The van der Waals surface area contributed by atoms with Gasteiger partial charge in [0.1, 0.15) is 6.61 Å². The lowest BCUT2D eigenvalue weighted by molar-refractivity contribution is 0.0540. The van der Waals surface area contributed by atoms with Crippen LogP contribution in [0.15, 0.2) is 71.6 Å². The summed E-state index contributed by atoms with van der Waals surface area (Å²) in [5.41, 5.74) is 3.76. The third-order valence-electron chi connectivity index (χ3n) is 7.41. The van der Waals surface area contributed by atoms with Crippen LogP contribution < -0.4 is 9.46 Å². The van der Waals surface area contributed by atoms with Gasteiger partial charge in [-0.15, -0.1) is 0 Å². The predicted octanol–water partition coefficient (Wildman–Crippen LogP) is 5.98. The maximum absolute atomic E-state index is 14.1. The first-order valence-corrected chi connectivity index (χ1v) is 15.9. The smallest absolute Gasteiger partial charge is 0.264 e. The molecule has 44 heavy (non-hydrogen) atoms. The van der Waals surface area contributed by atoms with Gasteiger partial charge in [-0.05, 0) is 67.1 Å². The molecule has 3 heterocycles. The van der Waals surface area contributed by atoms with Gasteiger partial charge < -0.3 is 9.64 Å². The molecule has 0 aliphatic carbocycles. The number of hydrogen-bond donors (Lipinski definition) is 1. The molecule has 11 heteroatoms. The van der Waals surface area contributed by atoms with Gasteiger partial charge in [-0.25, -0.2) is 23.1 Å². The predicted molar refractivity (Wildman–Crippen MR) is 166 cm³/mol. The fraction of sp³-hybridized carbons (Fsp3) is 0.333. The molecule has 0 unspecified atom stereocenters. The van der Waals surface area contributed by atoms with Crippen molar-refractivity contribution in [2.24, 2.45) is 5.41 Å². The van der Waals surface area contributed by atoms with E-state index in [1.54, 1.807) is 29.2 Å². The third-order valence-corrected chi connectivity index (χ3v) is 8.74. The second-order valence-electron chi connectivity index (χ2n) is 12.2. The number of aryl methyl sites for hydroxylation is 2. The second kappa shape index (κ2) is 12.3. The molecule has 4 aromatic rings. The zero-order valence-electron chi connectivity index (χ0n) is 25.5. The van der Waals surface area contributed by atoms with E-state index in [9.17, 15) is 17.6 Å². The van der Waals surface area contributed by atoms with Crippen LogP contribution in [0.5, 0.6) is 5.88 Å². The number of rotatable bonds is 5. The van der Waals surface area contributed by atoms with Crippen LogP contribution in [0.25, 0.3) is 11.3 Å². The fourth-order valence-electron chi connectivity index (χ4n) is 5.45. The highest BCUT2D eigenvalue weighted by atomic mass is 32.2. The number of fused-ring (bicyclic) bond motifs is 4. The minimum atomic E-state index is -4.17. The molecule has 0 spiro atoms. The number of carbonyl (C=O) groups excluding carboxylic acids is 1. The highest BCUT2D eigenvalue weighted by molar-refractivity contribution is 7.92. The quantitative estimate of drug-likeness (QED) is 0.274. The summed E-state index contributed by atoms with van der Waals surface area (Å²) in [6, 6.07) is 17.5. The number of aromatic nitrogens is 3. The molecule has 2 aromatic heterocycles. The Balaban J connectivity index is 1.64. The zero-order valence-corrected chi connectivity index (χ0v) is 26.3. The van der Waals surface area contributed by atoms with Crippen molar-refractivity contribution in [2.45, 2.75) is 58.4 Å². The summed E-state index contributed by atoms with van der Waals surface area (Å²) < 4.78 is 49.7. The molecule has 1 aliphatic rings. The molecule has 4 bridgehead atoms. The van der Waals surface area contributed by atoms with Crippen molar-refractivity contribution >= 4 is 21.9 Å². The maximum Gasteiger partial charge on any atom is 0.264 e. The van der Waals surface area contributed by atoms with Crippen LogP contribution in [0.3, 0.4) is 0 Å². The van der Waals surface area contributed by atoms with Crippen LogP contribution in [0.2, 0.25) is 0 Å². The molecule has 2 aromatic carbocycles. The first kappa shape index (κ1) is 31.1. The Morgan fingerprint density at radius 1 is 0.977 bits per heavy atom. The molecular weight excluding hydrogens is 581 g/mol. The van der Waals surface area contributed by atoms with Gasteiger partial charge in [-0.1, -0.05) is 51.1 Å². The van der Waals surface area contributed by atoms with E-state index < -0.39 is 22.0 Å². The number of hydrogen-bond acceptors (Lipinski definition) is 7. The van der Waals surface area contributed by atoms with Gasteiger partial charge in [0.25, 0.3) is 15.9 Å². The monoisotopic (exact) mass is 617 g/mol. The first-order chi connectivity index (χ1) is 20.8. The van der Waals surface area contributed by atoms with E-state index >= 15 is 0 Å². The van der Waals surface area contributed by atoms with E-state index in [0.717, 1.165) is 16.7 Å². The van der Waals surface area contributed by atoms with Gasteiger partial charge >= 0.3 is 0 Å². The normalized spacial score (nSPS) is 16.6. The molecule has 230 valence electrons. The number of benzene rings is 2. The molecule has 5 rings (SSSR count). The van der Waals surface area contributed by atoms with Crippen molar-refractivity contribution < 1.29 is 22.3 Å². The minimum absolute atomic E-state index is 0.0781. The summed E-state index contributed by atoms with van der Waals surface area (Å²) in [4.78, 5) is 28.7. The van der Waals surface area contributed by atoms with Crippen LogP contribution in [0.1, 0.15) is 54.4 Å². The van der Waals surface area contributed by atoms with Gasteiger partial charge in [0.15, 0.2) is 0 Å². The SMILES string of the molecule is Cc1cccc(C)c1-c1cc2nc(n1)NS(=O)(=O)c1cccc(c1)C(=O)N(CCc1cccc(F)n1)[C@H](CC(C)(C)C)CO2. The highest BCUT2D eigenvalue weighted by Gasteiger charge is 2.31. The Morgan fingerprint density at radius 2 is 1.68 bits per heavy atom. The maximum atomic E-state index is 14.1. The van der Waals surface area contributed by atoms with Crippen molar-refractivity contribution in [1.29, 1.82) is 0 Å². The topological polar surface area (TPSA) is 114 Å². The van der Waals surface area contributed by atoms with E-state index in [4.69, 9.17) is 4.74 Å². The van der Waals surface area contributed by atoms with Crippen LogP contribution in [-0.2, 0) is 16.4 Å². The van der Waals surface area contributed by atoms with Gasteiger partial charge in [0.05, 0.1) is 16.6 Å². The number of carbonyl (C=O) groups is 1. The molecule has 0 radical (unpaired) electrons. The summed E-state index contributed by atoms with van der Waals surface area (Å²) in [5, 5.41) is 0. The largest absolute Gasteiger partial charge is 0.475 e. The number of nitrogens with zero attached hydrogens (tertiary/aromatic N) is 4. The van der Waals surface area contributed by atoms with Crippen LogP contribution >= 0.6 is 0 Å². The molecule has 0 fully saturated rings. The van der Waals surface area contributed by atoms with Crippen molar-refractivity contribution in [3.8, 4) is 17.1 Å². The molecule has 1 N–H and O–H groups in total. The summed E-state index contributed by atoms with van der Waals surface area (Å²) in [6.45, 7) is 10.4. The number of ether oxygens (including phenoxy) is 1. The van der Waals surface area contributed by atoms with Gasteiger partial charge in [-0.2, -0.15) is 9.37 Å². The van der Waals surface area contributed by atoms with Gasteiger partial charge in [0.2, 0.25) is 17.8 Å². The van der Waals surface area contributed by atoms with E-state index in [0.29, 0.717) is 17.8 Å². The number of nitrogens with one attached hydrogen (secondary N) is 1.